The molecule has 9 heteroatoms. The Bertz CT molecular complexity index is 932. The van der Waals surface area contributed by atoms with Crippen LogP contribution in [0.15, 0.2) is 29.4 Å². The molecule has 0 bridgehead atoms. The Kier molecular flexibility index (Phi) is 6.12. The van der Waals surface area contributed by atoms with Crippen LogP contribution in [0.3, 0.4) is 0 Å². The van der Waals surface area contributed by atoms with Gasteiger partial charge in [0, 0.05) is 0 Å². The molecule has 7 nitrogen and oxygen atoms in total. The minimum atomic E-state index is -0.407. The van der Waals surface area contributed by atoms with Gasteiger partial charge in [0.2, 0.25) is 5.91 Å². The van der Waals surface area contributed by atoms with E-state index in [9.17, 15) is 9.59 Å². The minimum Gasteiger partial charge on any atom is -0.461 e. The predicted octanol–water partition coefficient (Wildman–Crippen LogP) is 3.87. The molecule has 0 aliphatic rings. The SMILES string of the molecule is Cc1nc(NC(=O)CSc2nc3ccccc3[nH]2)sc1C(=O)OCC(C)C. The van der Waals surface area contributed by atoms with Gasteiger partial charge in [-0.25, -0.2) is 14.8 Å². The van der Waals surface area contributed by atoms with Crippen LogP contribution in [0.5, 0.6) is 0 Å². The number of H-pyrrole nitrogens is 1. The van der Waals surface area contributed by atoms with Crippen molar-refractivity contribution < 1.29 is 14.3 Å². The number of carbonyl (C=O) groups excluding carboxylic acids is 2. The van der Waals surface area contributed by atoms with E-state index in [2.05, 4.69) is 20.3 Å². The van der Waals surface area contributed by atoms with E-state index in [1.807, 2.05) is 38.1 Å². The number of aromatic amines is 1. The number of thioether (sulfide) groups is 1. The van der Waals surface area contributed by atoms with Crippen molar-refractivity contribution in [2.75, 3.05) is 17.7 Å². The zero-order valence-corrected chi connectivity index (χ0v) is 16.9. The van der Waals surface area contributed by atoms with Crippen LogP contribution < -0.4 is 5.32 Å². The second-order valence-corrected chi connectivity index (χ2v) is 8.28. The highest BCUT2D eigenvalue weighted by atomic mass is 32.2. The lowest BCUT2D eigenvalue weighted by Crippen LogP contribution is -2.13. The van der Waals surface area contributed by atoms with Crippen LogP contribution in [0.2, 0.25) is 0 Å². The van der Waals surface area contributed by atoms with Crippen LogP contribution in [0.1, 0.15) is 29.2 Å². The summed E-state index contributed by atoms with van der Waals surface area (Å²) in [6.45, 7) is 6.02. The van der Waals surface area contributed by atoms with Crippen LogP contribution in [0, 0.1) is 12.8 Å². The predicted molar refractivity (Wildman–Crippen MR) is 107 cm³/mol. The van der Waals surface area contributed by atoms with Gasteiger partial charge in [-0.1, -0.05) is 49.1 Å². The third-order valence-electron chi connectivity index (χ3n) is 3.48. The van der Waals surface area contributed by atoms with Crippen LogP contribution in [-0.2, 0) is 9.53 Å². The van der Waals surface area contributed by atoms with Crippen molar-refractivity contribution in [3.63, 3.8) is 0 Å². The third kappa shape index (κ3) is 5.08. The number of esters is 1. The summed E-state index contributed by atoms with van der Waals surface area (Å²) in [7, 11) is 0. The zero-order chi connectivity index (χ0) is 19.4. The highest BCUT2D eigenvalue weighted by molar-refractivity contribution is 7.99. The molecule has 0 fully saturated rings. The first kappa shape index (κ1) is 19.4. The first-order valence-corrected chi connectivity index (χ1v) is 10.2. The van der Waals surface area contributed by atoms with Crippen LogP contribution in [0.25, 0.3) is 11.0 Å². The molecule has 0 saturated carbocycles. The zero-order valence-electron chi connectivity index (χ0n) is 15.2. The number of thiazole rings is 1. The van der Waals surface area contributed by atoms with Gasteiger partial charge in [-0.05, 0) is 25.0 Å². The van der Waals surface area contributed by atoms with Gasteiger partial charge in [0.05, 0.1) is 29.1 Å². The molecular weight excluding hydrogens is 384 g/mol. The average molecular weight is 405 g/mol. The molecule has 27 heavy (non-hydrogen) atoms. The summed E-state index contributed by atoms with van der Waals surface area (Å²) in [5, 5.41) is 3.79. The van der Waals surface area contributed by atoms with Crippen molar-refractivity contribution in [2.24, 2.45) is 5.92 Å². The molecule has 2 N–H and O–H groups in total. The molecule has 0 aliphatic carbocycles. The van der Waals surface area contributed by atoms with Gasteiger partial charge in [0.25, 0.3) is 0 Å². The number of benzene rings is 1. The number of aryl methyl sites for hydroxylation is 1. The molecule has 0 spiro atoms. The number of ether oxygens (including phenoxy) is 1. The number of nitrogens with one attached hydrogen (secondary N) is 2. The van der Waals surface area contributed by atoms with Gasteiger partial charge in [0.15, 0.2) is 10.3 Å². The average Bonchev–Trinajstić information content (AvgIpc) is 3.20. The van der Waals surface area contributed by atoms with Crippen molar-refractivity contribution in [1.29, 1.82) is 0 Å². The number of hydrogen-bond acceptors (Lipinski definition) is 7. The van der Waals surface area contributed by atoms with E-state index in [1.165, 1.54) is 11.8 Å². The van der Waals surface area contributed by atoms with Crippen LogP contribution >= 0.6 is 23.1 Å². The normalized spacial score (nSPS) is 11.1. The largest absolute Gasteiger partial charge is 0.461 e. The number of rotatable bonds is 7. The Morgan fingerprint density at radius 3 is 2.81 bits per heavy atom. The van der Waals surface area contributed by atoms with Crippen molar-refractivity contribution in [3.8, 4) is 0 Å². The smallest absolute Gasteiger partial charge is 0.350 e. The number of nitrogens with zero attached hydrogens (tertiary/aromatic N) is 2. The van der Waals surface area contributed by atoms with E-state index in [0.717, 1.165) is 22.4 Å². The van der Waals surface area contributed by atoms with Crippen molar-refractivity contribution in [2.45, 2.75) is 25.9 Å². The summed E-state index contributed by atoms with van der Waals surface area (Å²) in [5.41, 5.74) is 2.34. The number of para-hydroxylation sites is 2. The molecule has 2 heterocycles. The van der Waals surface area contributed by atoms with E-state index in [1.54, 1.807) is 6.92 Å². The second kappa shape index (κ2) is 8.53. The fourth-order valence-corrected chi connectivity index (χ4v) is 3.80. The van der Waals surface area contributed by atoms with Gasteiger partial charge in [0.1, 0.15) is 4.88 Å². The fourth-order valence-electron chi connectivity index (χ4n) is 2.23. The molecule has 0 saturated heterocycles. The summed E-state index contributed by atoms with van der Waals surface area (Å²) in [6.07, 6.45) is 0. The molecule has 0 unspecified atom stereocenters. The number of hydrogen-bond donors (Lipinski definition) is 2. The van der Waals surface area contributed by atoms with Crippen molar-refractivity contribution in [3.05, 3.63) is 34.8 Å². The van der Waals surface area contributed by atoms with E-state index in [-0.39, 0.29) is 17.6 Å². The number of imidazole rings is 1. The van der Waals surface area contributed by atoms with Gasteiger partial charge in [-0.15, -0.1) is 0 Å². The van der Waals surface area contributed by atoms with E-state index in [4.69, 9.17) is 4.74 Å². The molecule has 1 aromatic carbocycles. The Morgan fingerprint density at radius 1 is 1.30 bits per heavy atom. The lowest BCUT2D eigenvalue weighted by molar-refractivity contribution is -0.113. The maximum atomic E-state index is 12.2. The molecule has 0 aliphatic heterocycles. The lowest BCUT2D eigenvalue weighted by Gasteiger charge is -2.05. The molecule has 2 aromatic heterocycles. The molecule has 1 amide bonds. The molecule has 0 atom stereocenters. The lowest BCUT2D eigenvalue weighted by atomic mass is 10.2. The number of carbonyl (C=O) groups is 2. The Hall–Kier alpha value is -2.39. The topological polar surface area (TPSA) is 97.0 Å². The second-order valence-electron chi connectivity index (χ2n) is 6.32. The van der Waals surface area contributed by atoms with Gasteiger partial charge >= 0.3 is 5.97 Å². The van der Waals surface area contributed by atoms with Gasteiger partial charge < -0.3 is 15.0 Å². The van der Waals surface area contributed by atoms with Gasteiger partial charge in [-0.3, -0.25) is 4.79 Å². The first-order chi connectivity index (χ1) is 12.9. The van der Waals surface area contributed by atoms with E-state index in [0.29, 0.717) is 27.5 Å². The summed E-state index contributed by atoms with van der Waals surface area (Å²) in [6, 6.07) is 7.69. The number of anilines is 1. The highest BCUT2D eigenvalue weighted by Gasteiger charge is 2.18. The molecule has 0 radical (unpaired) electrons. The number of aromatic nitrogens is 3. The Balaban J connectivity index is 1.56. The monoisotopic (exact) mass is 404 g/mol. The van der Waals surface area contributed by atoms with Crippen molar-refractivity contribution in [1.82, 2.24) is 15.0 Å². The quantitative estimate of drug-likeness (QED) is 0.458. The van der Waals surface area contributed by atoms with E-state index >= 15 is 0 Å². The maximum absolute atomic E-state index is 12.2. The summed E-state index contributed by atoms with van der Waals surface area (Å²) in [5.74, 6) is -0.172. The van der Waals surface area contributed by atoms with Crippen LogP contribution in [0.4, 0.5) is 5.13 Å². The number of amides is 1. The third-order valence-corrected chi connectivity index (χ3v) is 5.41. The van der Waals surface area contributed by atoms with E-state index < -0.39 is 5.97 Å². The number of fused-ring (bicyclic) bond motifs is 1. The molecule has 3 rings (SSSR count). The first-order valence-electron chi connectivity index (χ1n) is 8.44. The van der Waals surface area contributed by atoms with Crippen LogP contribution in [-0.4, -0.2) is 39.2 Å². The Labute approximate surface area is 164 Å². The molecule has 3 aromatic rings. The fraction of sp³-hybridized carbons (Fsp3) is 0.333. The molecular formula is C18H20N4O3S2. The van der Waals surface area contributed by atoms with Crippen molar-refractivity contribution >= 4 is 51.1 Å². The standard InChI is InChI=1S/C18H20N4O3S2/c1-10(2)8-25-16(24)15-11(3)19-18(27-15)22-14(23)9-26-17-20-12-6-4-5-7-13(12)21-17/h4-7,10H,8-9H2,1-3H3,(H,20,21)(H,19,22,23). The minimum absolute atomic E-state index is 0.186. The summed E-state index contributed by atoms with van der Waals surface area (Å²) < 4.78 is 5.23. The summed E-state index contributed by atoms with van der Waals surface area (Å²) >= 11 is 2.43. The highest BCUT2D eigenvalue weighted by Crippen LogP contribution is 2.24. The molecule has 142 valence electrons. The summed E-state index contributed by atoms with van der Waals surface area (Å²) in [4.78, 5) is 36.5. The Morgan fingerprint density at radius 2 is 2.07 bits per heavy atom. The van der Waals surface area contributed by atoms with Gasteiger partial charge in [-0.2, -0.15) is 0 Å². The maximum Gasteiger partial charge on any atom is 0.350 e.